The van der Waals surface area contributed by atoms with Crippen molar-refractivity contribution >= 4 is 35.4 Å². The lowest BCUT2D eigenvalue weighted by molar-refractivity contribution is -0.158. The summed E-state index contributed by atoms with van der Waals surface area (Å²) in [6.45, 7) is 13.7. The molecule has 0 bridgehead atoms. The molecular weight excluding hydrogens is 679 g/mol. The van der Waals surface area contributed by atoms with Crippen molar-refractivity contribution in [3.63, 3.8) is 0 Å². The monoisotopic (exact) mass is 726 g/mol. The zero-order valence-electron chi connectivity index (χ0n) is 29.0. The minimum Gasteiger partial charge on any atom is -0.459 e. The van der Waals surface area contributed by atoms with Gasteiger partial charge in [0.05, 0.1) is 25.3 Å². The highest BCUT2D eigenvalue weighted by atomic mass is 32.2. The van der Waals surface area contributed by atoms with E-state index in [4.69, 9.17) is 30.0 Å². The van der Waals surface area contributed by atoms with Crippen molar-refractivity contribution < 1.29 is 41.4 Å². The fourth-order valence-electron chi connectivity index (χ4n) is 5.15. The number of esters is 1. The number of aliphatic hydroxyl groups excluding tert-OH is 1. The predicted octanol–water partition coefficient (Wildman–Crippen LogP) is 2.30. The van der Waals surface area contributed by atoms with Crippen molar-refractivity contribution in [1.29, 1.82) is 0 Å². The van der Waals surface area contributed by atoms with Crippen LogP contribution in [-0.4, -0.2) is 83.1 Å². The third-order valence-electron chi connectivity index (χ3n) is 7.77. The van der Waals surface area contributed by atoms with Gasteiger partial charge in [-0.15, -0.1) is 4.83 Å². The van der Waals surface area contributed by atoms with Crippen molar-refractivity contribution in [2.24, 2.45) is 16.1 Å². The number of aromatic nitrogens is 2. The average Bonchev–Trinajstić information content (AvgIpc) is 3.58. The number of nitrogens with one attached hydrogen (secondary N) is 2. The van der Waals surface area contributed by atoms with E-state index in [0.717, 1.165) is 16.8 Å². The number of hydrogen-bond acceptors (Lipinski definition) is 13. The van der Waals surface area contributed by atoms with E-state index < -0.39 is 65.3 Å². The van der Waals surface area contributed by atoms with Gasteiger partial charge in [0.1, 0.15) is 46.6 Å². The van der Waals surface area contributed by atoms with Gasteiger partial charge in [-0.25, -0.2) is 23.0 Å². The van der Waals surface area contributed by atoms with Gasteiger partial charge < -0.3 is 30.6 Å². The van der Waals surface area contributed by atoms with Crippen molar-refractivity contribution in [2.75, 3.05) is 25.6 Å². The van der Waals surface area contributed by atoms with E-state index in [9.17, 15) is 22.9 Å². The fraction of sp³-hybridized carbons (Fsp3) is 0.567. The summed E-state index contributed by atoms with van der Waals surface area (Å²) in [6.07, 6.45) is -0.154. The maximum atomic E-state index is 14.3. The molecule has 1 saturated carbocycles. The van der Waals surface area contributed by atoms with Crippen molar-refractivity contribution in [3.8, 4) is 5.75 Å². The van der Waals surface area contributed by atoms with E-state index in [-0.39, 0.29) is 28.9 Å². The van der Waals surface area contributed by atoms with E-state index in [1.165, 1.54) is 17.9 Å². The maximum Gasteiger partial charge on any atom is 0.459 e. The molecule has 49 heavy (non-hydrogen) atoms. The molecule has 1 saturated heterocycles. The number of nitrogens with zero attached hydrogens (tertiary/aromatic N) is 4. The molecule has 2 fully saturated rings. The van der Waals surface area contributed by atoms with E-state index >= 15 is 0 Å². The third kappa shape index (κ3) is 9.19. The molecule has 0 amide bonds. The number of nitrogen functional groups attached to an aromatic ring is 1. The summed E-state index contributed by atoms with van der Waals surface area (Å²) >= 11 is 0. The number of anilines is 1. The van der Waals surface area contributed by atoms with Crippen molar-refractivity contribution in [1.82, 2.24) is 24.5 Å². The van der Waals surface area contributed by atoms with E-state index in [1.54, 1.807) is 58.9 Å². The summed E-state index contributed by atoms with van der Waals surface area (Å²) < 4.78 is 63.2. The number of carbonyl (C=O) groups excluding carboxylic acids is 1. The number of carbonyl (C=O) groups is 1. The van der Waals surface area contributed by atoms with Gasteiger partial charge in [-0.3, -0.25) is 18.9 Å². The number of aliphatic hydroxyl groups is 1. The number of ether oxygens (including phenoxy) is 2. The number of hydrogen-bond donors (Lipinski definition) is 5. The first-order valence-corrected chi connectivity index (χ1v) is 18.8. The van der Waals surface area contributed by atoms with Crippen LogP contribution in [0.2, 0.25) is 0 Å². The topological polar surface area (TPSA) is 235 Å². The minimum atomic E-state index is -4.29. The second-order valence-electron chi connectivity index (χ2n) is 13.9. The first-order valence-electron chi connectivity index (χ1n) is 15.4. The van der Waals surface area contributed by atoms with Crippen LogP contribution in [0.15, 0.2) is 48.0 Å². The Balaban J connectivity index is 1.59. The highest BCUT2D eigenvalue weighted by Gasteiger charge is 2.58. The van der Waals surface area contributed by atoms with Gasteiger partial charge in [0.25, 0.3) is 0 Å². The molecule has 0 spiro atoms. The molecule has 1 aliphatic heterocycles. The van der Waals surface area contributed by atoms with E-state index in [1.807, 2.05) is 6.92 Å². The normalized spacial score (nSPS) is 23.0. The zero-order chi connectivity index (χ0) is 36.7. The Morgan fingerprint density at radius 2 is 1.90 bits per heavy atom. The molecule has 1 aromatic heterocycles. The number of sulfonamides is 1. The SMILES string of the molecule is C=C(N)/N=C(\c1ncn(C2OC(COP(=O)(NC3(C(=O)OC(C)(C)C)CC3)Oc3ccc(C)cc3)[C@@H](O)C2(C)C)c1N)N(C)NS(C)(=O)=O. The van der Waals surface area contributed by atoms with Crippen LogP contribution in [0.1, 0.15) is 64.9 Å². The molecule has 3 unspecified atom stereocenters. The lowest BCUT2D eigenvalue weighted by atomic mass is 9.84. The van der Waals surface area contributed by atoms with Crippen LogP contribution in [0.3, 0.4) is 0 Å². The van der Waals surface area contributed by atoms with Crippen LogP contribution in [0.25, 0.3) is 0 Å². The highest BCUT2D eigenvalue weighted by Crippen LogP contribution is 2.54. The summed E-state index contributed by atoms with van der Waals surface area (Å²) in [4.78, 5) is 23.8. The van der Waals surface area contributed by atoms with Crippen LogP contribution < -0.4 is 25.9 Å². The van der Waals surface area contributed by atoms with Gasteiger partial charge in [-0.2, -0.15) is 5.09 Å². The number of aliphatic imine (C=N–C) groups is 1. The zero-order valence-corrected chi connectivity index (χ0v) is 30.7. The van der Waals surface area contributed by atoms with Gasteiger partial charge in [0.15, 0.2) is 5.84 Å². The van der Waals surface area contributed by atoms with Gasteiger partial charge in [-0.1, -0.05) is 38.1 Å². The summed E-state index contributed by atoms with van der Waals surface area (Å²) in [5.41, 5.74) is 10.1. The van der Waals surface area contributed by atoms with Crippen LogP contribution in [0.5, 0.6) is 5.75 Å². The molecule has 2 heterocycles. The molecule has 17 nitrogen and oxygen atoms in total. The second-order valence-corrected chi connectivity index (χ2v) is 17.3. The summed E-state index contributed by atoms with van der Waals surface area (Å²) in [7, 11) is -6.62. The van der Waals surface area contributed by atoms with Crippen LogP contribution in [0.4, 0.5) is 5.82 Å². The third-order valence-corrected chi connectivity index (χ3v) is 10.0. The molecule has 0 radical (unpaired) electrons. The quantitative estimate of drug-likeness (QED) is 0.0655. The number of hydrazine groups is 1. The van der Waals surface area contributed by atoms with Gasteiger partial charge in [0.2, 0.25) is 10.0 Å². The number of nitrogens with two attached hydrogens (primary N) is 2. The number of benzene rings is 1. The first kappa shape index (κ1) is 38.3. The standard InChI is InChI=1S/C30H47N8O9PS/c1-18-10-12-20(13-11-18)47-48(41,35-30(14-15-30)27(40)46-28(3,4)5)44-16-21-23(39)29(6,7)26(45-21)38-17-33-22(24(38)32)25(34-19(2)31)37(8)36-49(9,42)43/h10-13,17,21,23,26,36,39H,2,14-16,31-32H2,1,3-9H3,(H,35,41)/b34-25+/t21?,23-,26?,48?/m1/s1. The highest BCUT2D eigenvalue weighted by molar-refractivity contribution is 7.88. The number of rotatable bonds is 13. The van der Waals surface area contributed by atoms with Gasteiger partial charge >= 0.3 is 13.7 Å². The summed E-state index contributed by atoms with van der Waals surface area (Å²) in [5.74, 6) is -0.526. The molecule has 4 rings (SSSR count). The molecule has 19 heteroatoms. The van der Waals surface area contributed by atoms with Crippen LogP contribution >= 0.6 is 7.75 Å². The average molecular weight is 727 g/mol. The lowest BCUT2D eigenvalue weighted by Gasteiger charge is -2.29. The molecule has 1 aliphatic carbocycles. The van der Waals surface area contributed by atoms with E-state index in [0.29, 0.717) is 12.8 Å². The maximum absolute atomic E-state index is 14.3. The number of aryl methyl sites for hydroxylation is 1. The lowest BCUT2D eigenvalue weighted by Crippen LogP contribution is -2.43. The molecular formula is C30H47N8O9PS. The Morgan fingerprint density at radius 3 is 2.43 bits per heavy atom. The minimum absolute atomic E-state index is 0.0112. The Bertz CT molecular complexity index is 1750. The molecule has 4 atom stereocenters. The smallest absolute Gasteiger partial charge is 0.459 e. The molecule has 7 N–H and O–H groups in total. The number of amidine groups is 1. The molecule has 2 aromatic rings. The van der Waals surface area contributed by atoms with Crippen LogP contribution in [-0.2, 0) is 33.4 Å². The Hall–Kier alpha value is -3.51. The van der Waals surface area contributed by atoms with Gasteiger partial charge in [0, 0.05) is 12.5 Å². The Morgan fingerprint density at radius 1 is 1.29 bits per heavy atom. The Labute approximate surface area is 286 Å². The molecule has 1 aromatic carbocycles. The Kier molecular flexibility index (Phi) is 10.7. The largest absolute Gasteiger partial charge is 0.459 e. The fourth-order valence-corrected chi connectivity index (χ4v) is 7.48. The van der Waals surface area contributed by atoms with E-state index in [2.05, 4.69) is 26.5 Å². The summed E-state index contributed by atoms with van der Waals surface area (Å²) in [6, 6.07) is 6.80. The molecule has 2 aliphatic rings. The second kappa shape index (κ2) is 13.7. The summed E-state index contributed by atoms with van der Waals surface area (Å²) in [5, 5.41) is 15.3. The predicted molar refractivity (Wildman–Crippen MR) is 182 cm³/mol. The molecule has 272 valence electrons. The van der Waals surface area contributed by atoms with Crippen molar-refractivity contribution in [3.05, 3.63) is 54.3 Å². The number of imidazole rings is 1. The van der Waals surface area contributed by atoms with Crippen LogP contribution in [0, 0.1) is 12.3 Å². The first-order chi connectivity index (χ1) is 22.5. The van der Waals surface area contributed by atoms with Crippen molar-refractivity contribution in [2.45, 2.75) is 84.0 Å². The van der Waals surface area contributed by atoms with Gasteiger partial charge in [-0.05, 0) is 52.7 Å².